The van der Waals surface area contributed by atoms with Crippen LogP contribution in [0, 0.1) is 0 Å². The molecule has 1 saturated carbocycles. The molecule has 1 spiro atoms. The molecule has 0 radical (unpaired) electrons. The fourth-order valence-electron chi connectivity index (χ4n) is 4.21. The Labute approximate surface area is 182 Å². The number of para-hydroxylation sites is 1. The van der Waals surface area contributed by atoms with Crippen LogP contribution < -0.4 is 10.2 Å². The Morgan fingerprint density at radius 1 is 1.35 bits per heavy atom. The average Bonchev–Trinajstić information content (AvgIpc) is 3.41. The van der Waals surface area contributed by atoms with E-state index in [1.165, 1.54) is 5.56 Å². The number of aromatic nitrogens is 1. The smallest absolute Gasteiger partial charge is 0.274 e. The average molecular weight is 418 g/mol. The van der Waals surface area contributed by atoms with Crippen molar-refractivity contribution < 1.29 is 14.1 Å². The van der Waals surface area contributed by atoms with Gasteiger partial charge in [-0.15, -0.1) is 0 Å². The molecule has 1 aromatic carbocycles. The Balaban J connectivity index is 1.46. The summed E-state index contributed by atoms with van der Waals surface area (Å²) in [6.45, 7) is 5.92. The van der Waals surface area contributed by atoms with Crippen molar-refractivity contribution >= 4 is 17.5 Å². The maximum atomic E-state index is 13.1. The number of hydrogen-bond acceptors (Lipinski definition) is 4. The maximum Gasteiger partial charge on any atom is 0.274 e. The highest BCUT2D eigenvalue weighted by molar-refractivity contribution is 6.02. The lowest BCUT2D eigenvalue weighted by Crippen LogP contribution is -2.47. The van der Waals surface area contributed by atoms with Crippen LogP contribution in [-0.2, 0) is 16.6 Å². The van der Waals surface area contributed by atoms with Crippen LogP contribution in [0.2, 0.25) is 0 Å². The van der Waals surface area contributed by atoms with Gasteiger partial charge in [-0.3, -0.25) is 9.59 Å². The summed E-state index contributed by atoms with van der Waals surface area (Å²) in [6.07, 6.45) is 10.7. The predicted molar refractivity (Wildman–Crippen MR) is 120 cm³/mol. The first-order valence-electron chi connectivity index (χ1n) is 10.5. The third-order valence-corrected chi connectivity index (χ3v) is 6.05. The molecule has 2 heterocycles. The van der Waals surface area contributed by atoms with E-state index < -0.39 is 11.9 Å². The van der Waals surface area contributed by atoms with Gasteiger partial charge >= 0.3 is 0 Å². The number of nitrogens with zero attached hydrogens (tertiary/aromatic N) is 2. The lowest BCUT2D eigenvalue weighted by atomic mass is 9.89. The number of hydrogen-bond donors (Lipinski definition) is 1. The second-order valence-electron chi connectivity index (χ2n) is 8.32. The summed E-state index contributed by atoms with van der Waals surface area (Å²) < 4.78 is 5.31. The monoisotopic (exact) mass is 417 g/mol. The minimum absolute atomic E-state index is 0.0407. The number of carbonyl (C=O) groups excluding carboxylic acids is 2. The predicted octanol–water partition coefficient (Wildman–Crippen LogP) is 4.10. The minimum Gasteiger partial charge on any atom is -0.360 e. The van der Waals surface area contributed by atoms with Gasteiger partial charge in [-0.2, -0.15) is 0 Å². The van der Waals surface area contributed by atoms with Gasteiger partial charge in [-0.1, -0.05) is 54.2 Å². The van der Waals surface area contributed by atoms with E-state index in [4.69, 9.17) is 4.52 Å². The Bertz CT molecular complexity index is 1080. The number of fused-ring (bicyclic) bond motifs is 2. The summed E-state index contributed by atoms with van der Waals surface area (Å²) in [5, 5.41) is 6.80. The van der Waals surface area contributed by atoms with Crippen LogP contribution in [-0.4, -0.2) is 30.1 Å². The van der Waals surface area contributed by atoms with E-state index in [-0.39, 0.29) is 17.0 Å². The normalized spacial score (nSPS) is 19.6. The molecule has 1 fully saturated rings. The largest absolute Gasteiger partial charge is 0.360 e. The molecule has 0 unspecified atom stereocenters. The molecule has 31 heavy (non-hydrogen) atoms. The van der Waals surface area contributed by atoms with E-state index in [0.717, 1.165) is 24.1 Å². The second-order valence-corrected chi connectivity index (χ2v) is 8.32. The zero-order chi connectivity index (χ0) is 22.0. The maximum absolute atomic E-state index is 13.1. The standard InChI is InChI=1S/C25H27N3O3/c1-4-5-6-9-17(2)14-18-15-20(27-31-18)23(29)26-21-16-25(12-13-25)19-10-7-8-11-22(19)28(3)24(21)30/h4-11,15,21H,2,12-14,16H2,1,3H3,(H,26,29)/b5-4-,9-6-/t21-/m0/s1. The summed E-state index contributed by atoms with van der Waals surface area (Å²) in [4.78, 5) is 27.6. The van der Waals surface area contributed by atoms with E-state index >= 15 is 0 Å². The molecule has 1 atom stereocenters. The Morgan fingerprint density at radius 3 is 2.87 bits per heavy atom. The van der Waals surface area contributed by atoms with E-state index in [2.05, 4.69) is 23.1 Å². The second kappa shape index (κ2) is 8.38. The first kappa shape index (κ1) is 20.8. The Kier molecular flexibility index (Phi) is 5.63. The number of carbonyl (C=O) groups is 2. The molecule has 2 aromatic rings. The third-order valence-electron chi connectivity index (χ3n) is 6.05. The quantitative estimate of drug-likeness (QED) is 0.718. The van der Waals surface area contributed by atoms with Crippen LogP contribution in [0.4, 0.5) is 5.69 Å². The van der Waals surface area contributed by atoms with Crippen LogP contribution >= 0.6 is 0 Å². The number of benzene rings is 1. The van der Waals surface area contributed by atoms with Crippen LogP contribution in [0.1, 0.15) is 48.0 Å². The van der Waals surface area contributed by atoms with Crippen molar-refractivity contribution in [3.63, 3.8) is 0 Å². The van der Waals surface area contributed by atoms with Crippen LogP contribution in [0.15, 0.2) is 71.3 Å². The molecule has 4 rings (SSSR count). The highest BCUT2D eigenvalue weighted by Gasteiger charge is 2.51. The van der Waals surface area contributed by atoms with Gasteiger partial charge < -0.3 is 14.7 Å². The van der Waals surface area contributed by atoms with Gasteiger partial charge in [-0.05, 0) is 48.8 Å². The Hall–Kier alpha value is -3.41. The van der Waals surface area contributed by atoms with Crippen LogP contribution in [0.5, 0.6) is 0 Å². The summed E-state index contributed by atoms with van der Waals surface area (Å²) in [5.74, 6) is 0.0324. The molecule has 0 saturated heterocycles. The van der Waals surface area contributed by atoms with Crippen molar-refractivity contribution in [1.29, 1.82) is 0 Å². The van der Waals surface area contributed by atoms with Gasteiger partial charge in [0.1, 0.15) is 11.8 Å². The molecule has 1 aliphatic carbocycles. The molecule has 1 N–H and O–H groups in total. The van der Waals surface area contributed by atoms with Gasteiger partial charge in [0.25, 0.3) is 5.91 Å². The number of amides is 2. The van der Waals surface area contributed by atoms with E-state index in [9.17, 15) is 9.59 Å². The number of allylic oxidation sites excluding steroid dienone is 5. The third kappa shape index (κ3) is 4.24. The first-order valence-corrected chi connectivity index (χ1v) is 10.5. The molecular formula is C25H27N3O3. The number of rotatable bonds is 6. The topological polar surface area (TPSA) is 75.4 Å². The highest BCUT2D eigenvalue weighted by Crippen LogP contribution is 2.55. The minimum atomic E-state index is -0.605. The number of likely N-dealkylation sites (N-methyl/N-ethyl adjacent to an activating group) is 1. The molecule has 2 aliphatic rings. The SMILES string of the molecule is C=C(/C=C\C=C/C)Cc1cc(C(=O)N[C@H]2CC3(CC3)c3ccccc3N(C)C2=O)no1. The van der Waals surface area contributed by atoms with Crippen molar-refractivity contribution in [2.45, 2.75) is 44.1 Å². The lowest BCUT2D eigenvalue weighted by Gasteiger charge is -2.21. The molecule has 6 nitrogen and oxygen atoms in total. The summed E-state index contributed by atoms with van der Waals surface area (Å²) in [5.41, 5.74) is 3.09. The molecule has 1 aliphatic heterocycles. The van der Waals surface area contributed by atoms with E-state index in [1.807, 2.05) is 49.4 Å². The van der Waals surface area contributed by atoms with E-state index in [0.29, 0.717) is 18.6 Å². The van der Waals surface area contributed by atoms with Gasteiger partial charge in [0.05, 0.1) is 0 Å². The zero-order valence-corrected chi connectivity index (χ0v) is 17.9. The molecule has 2 amide bonds. The van der Waals surface area contributed by atoms with Crippen LogP contribution in [0.25, 0.3) is 0 Å². The van der Waals surface area contributed by atoms with Gasteiger partial charge in [0.15, 0.2) is 5.69 Å². The van der Waals surface area contributed by atoms with Crippen molar-refractivity contribution in [3.8, 4) is 0 Å². The van der Waals surface area contributed by atoms with Gasteiger partial charge in [-0.25, -0.2) is 0 Å². The molecule has 0 bridgehead atoms. The molecule has 6 heteroatoms. The fourth-order valence-corrected chi connectivity index (χ4v) is 4.21. The number of nitrogens with one attached hydrogen (secondary N) is 1. The summed E-state index contributed by atoms with van der Waals surface area (Å²) >= 11 is 0. The van der Waals surface area contributed by atoms with Crippen LogP contribution in [0.3, 0.4) is 0 Å². The van der Waals surface area contributed by atoms with Crippen molar-refractivity contribution in [2.75, 3.05) is 11.9 Å². The highest BCUT2D eigenvalue weighted by atomic mass is 16.5. The molecular weight excluding hydrogens is 390 g/mol. The molecule has 1 aromatic heterocycles. The first-order chi connectivity index (χ1) is 14.9. The van der Waals surface area contributed by atoms with Gasteiger partial charge in [0.2, 0.25) is 5.91 Å². The fraction of sp³-hybridized carbons (Fsp3) is 0.320. The van der Waals surface area contributed by atoms with E-state index in [1.54, 1.807) is 18.0 Å². The zero-order valence-electron chi connectivity index (χ0n) is 17.9. The van der Waals surface area contributed by atoms with Crippen molar-refractivity contribution in [3.05, 3.63) is 83.8 Å². The summed E-state index contributed by atoms with van der Waals surface area (Å²) in [6, 6.07) is 9.02. The lowest BCUT2D eigenvalue weighted by molar-refractivity contribution is -0.120. The Morgan fingerprint density at radius 2 is 2.13 bits per heavy atom. The molecule has 160 valence electrons. The van der Waals surface area contributed by atoms with Crippen molar-refractivity contribution in [1.82, 2.24) is 10.5 Å². The number of anilines is 1. The van der Waals surface area contributed by atoms with Crippen molar-refractivity contribution in [2.24, 2.45) is 0 Å². The van der Waals surface area contributed by atoms with Gasteiger partial charge in [0, 0.05) is 25.2 Å². The summed E-state index contributed by atoms with van der Waals surface area (Å²) in [7, 11) is 1.77.